The summed E-state index contributed by atoms with van der Waals surface area (Å²) in [5, 5.41) is 5.16. The minimum atomic E-state index is -4.59. The average molecular weight is 388 g/mol. The van der Waals surface area contributed by atoms with Crippen molar-refractivity contribution < 1.29 is 22.7 Å². The molecule has 0 radical (unpaired) electrons. The number of hydrogen-bond acceptors (Lipinski definition) is 5. The van der Waals surface area contributed by atoms with Crippen molar-refractivity contribution in [3.8, 4) is 5.75 Å². The van der Waals surface area contributed by atoms with Crippen molar-refractivity contribution in [3.63, 3.8) is 0 Å². The zero-order valence-corrected chi connectivity index (χ0v) is 14.6. The maximum absolute atomic E-state index is 13.1. The Kier molecular flexibility index (Phi) is 5.44. The maximum Gasteiger partial charge on any atom is 0.418 e. The molecule has 0 aliphatic carbocycles. The zero-order chi connectivity index (χ0) is 20.1. The van der Waals surface area contributed by atoms with Gasteiger partial charge in [-0.25, -0.2) is 9.97 Å². The van der Waals surface area contributed by atoms with Crippen molar-refractivity contribution in [2.45, 2.75) is 6.18 Å². The smallest absolute Gasteiger partial charge is 0.418 e. The Bertz CT molecular complexity index is 993. The molecule has 3 rings (SSSR count). The van der Waals surface area contributed by atoms with Gasteiger partial charge in [-0.05, 0) is 30.3 Å². The van der Waals surface area contributed by atoms with Crippen LogP contribution in [0.2, 0.25) is 0 Å². The van der Waals surface area contributed by atoms with E-state index in [1.165, 1.54) is 37.6 Å². The Hall–Kier alpha value is -3.62. The van der Waals surface area contributed by atoms with E-state index in [-0.39, 0.29) is 17.3 Å². The molecule has 144 valence electrons. The van der Waals surface area contributed by atoms with Gasteiger partial charge in [0.05, 0.1) is 24.0 Å². The molecule has 0 unspecified atom stereocenters. The lowest BCUT2D eigenvalue weighted by Gasteiger charge is -2.13. The molecule has 0 aliphatic heterocycles. The van der Waals surface area contributed by atoms with Gasteiger partial charge in [0.2, 0.25) is 5.95 Å². The number of amides is 1. The quantitative estimate of drug-likeness (QED) is 0.673. The summed E-state index contributed by atoms with van der Waals surface area (Å²) in [5.74, 6) is -0.150. The molecule has 1 amide bonds. The molecule has 6 nitrogen and oxygen atoms in total. The van der Waals surface area contributed by atoms with E-state index in [9.17, 15) is 18.0 Å². The van der Waals surface area contributed by atoms with Gasteiger partial charge in [-0.1, -0.05) is 24.3 Å². The molecule has 0 spiro atoms. The number of carbonyl (C=O) groups is 1. The summed E-state index contributed by atoms with van der Waals surface area (Å²) in [6.45, 7) is 0. The van der Waals surface area contributed by atoms with Crippen LogP contribution in [0.4, 0.5) is 30.5 Å². The number of hydrogen-bond donors (Lipinski definition) is 2. The molecular formula is C19H15F3N4O2. The molecule has 0 saturated heterocycles. The number of benzene rings is 2. The number of rotatable bonds is 5. The van der Waals surface area contributed by atoms with E-state index in [1.54, 1.807) is 24.3 Å². The van der Waals surface area contributed by atoms with Gasteiger partial charge in [0.15, 0.2) is 0 Å². The Balaban J connectivity index is 1.82. The first kappa shape index (κ1) is 19.2. The fourth-order valence-electron chi connectivity index (χ4n) is 2.44. The van der Waals surface area contributed by atoms with Gasteiger partial charge >= 0.3 is 6.18 Å². The fraction of sp³-hybridized carbons (Fsp3) is 0.105. The standard InChI is InChI=1S/C19H15F3N4O2/c1-28-16-9-5-4-8-14(16)25-18-23-11-10-15(26-18)17(27)24-13-7-3-2-6-12(13)19(20,21)22/h2-11H,1H3,(H,24,27)(H,23,25,26). The van der Waals surface area contributed by atoms with Crippen molar-refractivity contribution in [2.24, 2.45) is 0 Å². The highest BCUT2D eigenvalue weighted by Gasteiger charge is 2.33. The molecule has 0 atom stereocenters. The van der Waals surface area contributed by atoms with Gasteiger partial charge in [0.25, 0.3) is 5.91 Å². The van der Waals surface area contributed by atoms with Crippen LogP contribution in [0.15, 0.2) is 60.8 Å². The van der Waals surface area contributed by atoms with E-state index in [1.807, 2.05) is 0 Å². The molecule has 0 aliphatic rings. The summed E-state index contributed by atoms with van der Waals surface area (Å²) in [7, 11) is 1.50. The highest BCUT2D eigenvalue weighted by atomic mass is 19.4. The number of carbonyl (C=O) groups excluding carboxylic acids is 1. The first-order valence-corrected chi connectivity index (χ1v) is 8.09. The van der Waals surface area contributed by atoms with Gasteiger partial charge in [-0.3, -0.25) is 4.79 Å². The lowest BCUT2D eigenvalue weighted by molar-refractivity contribution is -0.136. The van der Waals surface area contributed by atoms with E-state index in [0.717, 1.165) is 6.07 Å². The summed E-state index contributed by atoms with van der Waals surface area (Å²) in [4.78, 5) is 20.5. The highest BCUT2D eigenvalue weighted by molar-refractivity contribution is 6.03. The Labute approximate surface area is 158 Å². The number of alkyl halides is 3. The molecule has 0 bridgehead atoms. The third kappa shape index (κ3) is 4.37. The lowest BCUT2D eigenvalue weighted by Crippen LogP contribution is -2.18. The molecule has 2 N–H and O–H groups in total. The van der Waals surface area contributed by atoms with Crippen molar-refractivity contribution in [3.05, 3.63) is 72.1 Å². The van der Waals surface area contributed by atoms with Crippen LogP contribution in [-0.4, -0.2) is 23.0 Å². The highest BCUT2D eigenvalue weighted by Crippen LogP contribution is 2.34. The molecule has 1 aromatic heterocycles. The van der Waals surface area contributed by atoms with Crippen LogP contribution in [0.1, 0.15) is 16.1 Å². The van der Waals surface area contributed by atoms with Crippen molar-refractivity contribution in [1.82, 2.24) is 9.97 Å². The van der Waals surface area contributed by atoms with E-state index < -0.39 is 17.6 Å². The molecule has 0 saturated carbocycles. The van der Waals surface area contributed by atoms with Crippen LogP contribution < -0.4 is 15.4 Å². The maximum atomic E-state index is 13.1. The van der Waals surface area contributed by atoms with Crippen molar-refractivity contribution in [2.75, 3.05) is 17.7 Å². The van der Waals surface area contributed by atoms with Crippen LogP contribution >= 0.6 is 0 Å². The number of halogens is 3. The third-order valence-corrected chi connectivity index (χ3v) is 3.72. The number of para-hydroxylation sites is 3. The Morgan fingerprint density at radius 3 is 2.39 bits per heavy atom. The summed E-state index contributed by atoms with van der Waals surface area (Å²) < 4.78 is 44.5. The van der Waals surface area contributed by atoms with Crippen LogP contribution in [0.3, 0.4) is 0 Å². The average Bonchev–Trinajstić information content (AvgIpc) is 2.68. The topological polar surface area (TPSA) is 76.1 Å². The first-order valence-electron chi connectivity index (χ1n) is 8.09. The minimum absolute atomic E-state index is 0.0932. The van der Waals surface area contributed by atoms with Crippen molar-refractivity contribution in [1.29, 1.82) is 0 Å². The van der Waals surface area contributed by atoms with Crippen LogP contribution in [0.25, 0.3) is 0 Å². The van der Waals surface area contributed by atoms with E-state index in [2.05, 4.69) is 20.6 Å². The summed E-state index contributed by atoms with van der Waals surface area (Å²) in [6, 6.07) is 13.0. The zero-order valence-electron chi connectivity index (χ0n) is 14.6. The summed E-state index contributed by atoms with van der Waals surface area (Å²) in [6.07, 6.45) is -3.26. The Morgan fingerprint density at radius 2 is 1.68 bits per heavy atom. The fourth-order valence-corrected chi connectivity index (χ4v) is 2.44. The van der Waals surface area contributed by atoms with E-state index in [0.29, 0.717) is 11.4 Å². The first-order chi connectivity index (χ1) is 13.4. The number of nitrogens with one attached hydrogen (secondary N) is 2. The number of ether oxygens (including phenoxy) is 1. The third-order valence-electron chi connectivity index (χ3n) is 3.72. The second kappa shape index (κ2) is 7.95. The second-order valence-electron chi connectivity index (χ2n) is 5.59. The van der Waals surface area contributed by atoms with Crippen LogP contribution in [0, 0.1) is 0 Å². The summed E-state index contributed by atoms with van der Waals surface area (Å²) in [5.41, 5.74) is -0.808. The molecule has 3 aromatic rings. The molecule has 9 heteroatoms. The number of methoxy groups -OCH3 is 1. The predicted molar refractivity (Wildman–Crippen MR) is 97.7 cm³/mol. The minimum Gasteiger partial charge on any atom is -0.495 e. The molecule has 28 heavy (non-hydrogen) atoms. The molecule has 0 fully saturated rings. The number of anilines is 3. The van der Waals surface area contributed by atoms with E-state index in [4.69, 9.17) is 4.74 Å². The van der Waals surface area contributed by atoms with Gasteiger partial charge in [-0.15, -0.1) is 0 Å². The Morgan fingerprint density at radius 1 is 1.00 bits per heavy atom. The van der Waals surface area contributed by atoms with Crippen LogP contribution in [-0.2, 0) is 6.18 Å². The van der Waals surface area contributed by atoms with Crippen LogP contribution in [0.5, 0.6) is 5.75 Å². The van der Waals surface area contributed by atoms with Gasteiger partial charge < -0.3 is 15.4 Å². The lowest BCUT2D eigenvalue weighted by atomic mass is 10.1. The monoisotopic (exact) mass is 388 g/mol. The van der Waals surface area contributed by atoms with Crippen molar-refractivity contribution >= 4 is 23.2 Å². The molecule has 2 aromatic carbocycles. The van der Waals surface area contributed by atoms with E-state index >= 15 is 0 Å². The number of nitrogens with zero attached hydrogens (tertiary/aromatic N) is 2. The van der Waals surface area contributed by atoms with Gasteiger partial charge in [0.1, 0.15) is 11.4 Å². The van der Waals surface area contributed by atoms with Gasteiger partial charge in [-0.2, -0.15) is 13.2 Å². The van der Waals surface area contributed by atoms with Gasteiger partial charge in [0, 0.05) is 6.20 Å². The molecule has 1 heterocycles. The number of aromatic nitrogens is 2. The second-order valence-corrected chi connectivity index (χ2v) is 5.59. The normalized spacial score (nSPS) is 11.0. The summed E-state index contributed by atoms with van der Waals surface area (Å²) >= 11 is 0. The SMILES string of the molecule is COc1ccccc1Nc1nccc(C(=O)Nc2ccccc2C(F)(F)F)n1. The molecular weight excluding hydrogens is 373 g/mol. The largest absolute Gasteiger partial charge is 0.495 e. The predicted octanol–water partition coefficient (Wildman–Crippen LogP) is 4.50.